The lowest BCUT2D eigenvalue weighted by molar-refractivity contribution is 0.171. The van der Waals surface area contributed by atoms with Gasteiger partial charge in [-0.2, -0.15) is 0 Å². The number of ether oxygens (including phenoxy) is 2. The third kappa shape index (κ3) is 4.15. The molecular formula is C18H19NO4S. The molecule has 24 heavy (non-hydrogen) atoms. The molecule has 3 rings (SSSR count). The summed E-state index contributed by atoms with van der Waals surface area (Å²) < 4.78 is 37.7. The average Bonchev–Trinajstić information content (AvgIpc) is 2.62. The minimum Gasteiger partial charge on any atom is -0.486 e. The second-order valence-corrected chi connectivity index (χ2v) is 7.07. The summed E-state index contributed by atoms with van der Waals surface area (Å²) in [6.45, 7) is 1.48. The third-order valence-corrected chi connectivity index (χ3v) is 5.01. The maximum Gasteiger partial charge on any atom is 0.240 e. The first kappa shape index (κ1) is 16.5. The fraction of sp³-hybridized carbons (Fsp3) is 0.222. The Hall–Kier alpha value is -2.31. The largest absolute Gasteiger partial charge is 0.486 e. The number of nitrogens with one attached hydrogen (secondary N) is 1. The molecule has 1 aliphatic heterocycles. The van der Waals surface area contributed by atoms with Crippen LogP contribution in [0.4, 0.5) is 0 Å². The Morgan fingerprint density at radius 1 is 1.00 bits per heavy atom. The summed E-state index contributed by atoms with van der Waals surface area (Å²) in [7, 11) is -3.44. The van der Waals surface area contributed by atoms with Crippen LogP contribution >= 0.6 is 0 Å². The lowest BCUT2D eigenvalue weighted by Gasteiger charge is -2.18. The highest BCUT2D eigenvalue weighted by molar-refractivity contribution is 7.89. The fourth-order valence-electron chi connectivity index (χ4n) is 2.34. The van der Waals surface area contributed by atoms with E-state index < -0.39 is 10.0 Å². The summed E-state index contributed by atoms with van der Waals surface area (Å²) >= 11 is 0. The van der Waals surface area contributed by atoms with Crippen LogP contribution in [0.15, 0.2) is 59.5 Å². The highest BCUT2D eigenvalue weighted by Gasteiger charge is 2.12. The first-order chi connectivity index (χ1) is 11.6. The van der Waals surface area contributed by atoms with Gasteiger partial charge < -0.3 is 9.47 Å². The predicted molar refractivity (Wildman–Crippen MR) is 92.7 cm³/mol. The molecule has 1 heterocycles. The van der Waals surface area contributed by atoms with Gasteiger partial charge in [-0.15, -0.1) is 0 Å². The van der Waals surface area contributed by atoms with E-state index in [1.807, 2.05) is 30.4 Å². The molecule has 0 spiro atoms. The van der Waals surface area contributed by atoms with Crippen molar-refractivity contribution in [3.05, 3.63) is 60.2 Å². The van der Waals surface area contributed by atoms with Crippen LogP contribution in [0.5, 0.6) is 11.5 Å². The quantitative estimate of drug-likeness (QED) is 0.818. The summed E-state index contributed by atoms with van der Waals surface area (Å²) in [5.74, 6) is 1.50. The normalized spacial score (nSPS) is 14.0. The molecule has 0 amide bonds. The SMILES string of the molecule is O=S(=O)(NCC/C=C/c1ccc2c(c1)OCCO2)c1ccccc1. The first-order valence-corrected chi connectivity index (χ1v) is 9.24. The highest BCUT2D eigenvalue weighted by Crippen LogP contribution is 2.31. The van der Waals surface area contributed by atoms with Crippen LogP contribution < -0.4 is 14.2 Å². The van der Waals surface area contributed by atoms with Gasteiger partial charge in [0.1, 0.15) is 13.2 Å². The van der Waals surface area contributed by atoms with Crippen LogP contribution in [0.1, 0.15) is 12.0 Å². The molecule has 2 aromatic carbocycles. The van der Waals surface area contributed by atoms with Crippen molar-refractivity contribution in [3.8, 4) is 11.5 Å². The highest BCUT2D eigenvalue weighted by atomic mass is 32.2. The topological polar surface area (TPSA) is 64.6 Å². The van der Waals surface area contributed by atoms with Crippen molar-refractivity contribution >= 4 is 16.1 Å². The third-order valence-electron chi connectivity index (χ3n) is 3.53. The van der Waals surface area contributed by atoms with E-state index in [4.69, 9.17) is 9.47 Å². The standard InChI is InChI=1S/C18H19NO4S/c20-24(21,16-7-2-1-3-8-16)19-11-5-4-6-15-9-10-17-18(14-15)23-13-12-22-17/h1-4,6-10,14,19H,5,11-13H2/b6-4+. The van der Waals surface area contributed by atoms with Gasteiger partial charge in [0, 0.05) is 6.54 Å². The Morgan fingerprint density at radius 3 is 2.54 bits per heavy atom. The molecule has 0 unspecified atom stereocenters. The average molecular weight is 345 g/mol. The second-order valence-electron chi connectivity index (χ2n) is 5.30. The van der Waals surface area contributed by atoms with Gasteiger partial charge in [-0.05, 0) is 36.2 Å². The van der Waals surface area contributed by atoms with E-state index in [9.17, 15) is 8.42 Å². The van der Waals surface area contributed by atoms with E-state index >= 15 is 0 Å². The Balaban J connectivity index is 1.52. The molecule has 126 valence electrons. The minimum atomic E-state index is -3.44. The Morgan fingerprint density at radius 2 is 1.75 bits per heavy atom. The number of fused-ring (bicyclic) bond motifs is 1. The van der Waals surface area contributed by atoms with Gasteiger partial charge in [-0.3, -0.25) is 0 Å². The van der Waals surface area contributed by atoms with E-state index in [2.05, 4.69) is 4.72 Å². The molecule has 0 fully saturated rings. The van der Waals surface area contributed by atoms with Crippen LogP contribution in [0.2, 0.25) is 0 Å². The molecule has 1 aliphatic rings. The number of hydrogen-bond acceptors (Lipinski definition) is 4. The van der Waals surface area contributed by atoms with Gasteiger partial charge in [-0.1, -0.05) is 36.4 Å². The van der Waals surface area contributed by atoms with Crippen LogP contribution in [0.25, 0.3) is 6.08 Å². The van der Waals surface area contributed by atoms with Crippen molar-refractivity contribution in [1.82, 2.24) is 4.72 Å². The Kier molecular flexibility index (Phi) is 5.17. The molecule has 0 aliphatic carbocycles. The molecule has 1 N–H and O–H groups in total. The van der Waals surface area contributed by atoms with Crippen molar-refractivity contribution < 1.29 is 17.9 Å². The van der Waals surface area contributed by atoms with Gasteiger partial charge in [0.25, 0.3) is 0 Å². The Labute approximate surface area is 142 Å². The summed E-state index contributed by atoms with van der Waals surface area (Å²) in [5.41, 5.74) is 0.991. The van der Waals surface area contributed by atoms with E-state index in [0.29, 0.717) is 26.2 Å². The van der Waals surface area contributed by atoms with E-state index in [1.165, 1.54) is 0 Å². The van der Waals surface area contributed by atoms with Crippen molar-refractivity contribution in [2.24, 2.45) is 0 Å². The van der Waals surface area contributed by atoms with Crippen LogP contribution in [0.3, 0.4) is 0 Å². The van der Waals surface area contributed by atoms with Crippen LogP contribution in [-0.4, -0.2) is 28.2 Å². The number of sulfonamides is 1. The summed E-state index contributed by atoms with van der Waals surface area (Å²) in [5, 5.41) is 0. The van der Waals surface area contributed by atoms with E-state index in [0.717, 1.165) is 17.1 Å². The van der Waals surface area contributed by atoms with E-state index in [-0.39, 0.29) is 4.90 Å². The van der Waals surface area contributed by atoms with Crippen molar-refractivity contribution in [1.29, 1.82) is 0 Å². The molecule has 0 saturated carbocycles. The predicted octanol–water partition coefficient (Wildman–Crippen LogP) is 2.84. The molecule has 0 saturated heterocycles. The first-order valence-electron chi connectivity index (χ1n) is 7.76. The fourth-order valence-corrected chi connectivity index (χ4v) is 3.41. The monoisotopic (exact) mass is 345 g/mol. The van der Waals surface area contributed by atoms with Gasteiger partial charge in [-0.25, -0.2) is 13.1 Å². The molecule has 6 heteroatoms. The van der Waals surface area contributed by atoms with Crippen molar-refractivity contribution in [2.75, 3.05) is 19.8 Å². The van der Waals surface area contributed by atoms with Crippen LogP contribution in [0, 0.1) is 0 Å². The second kappa shape index (κ2) is 7.51. The zero-order valence-electron chi connectivity index (χ0n) is 13.1. The molecule has 0 bridgehead atoms. The summed E-state index contributed by atoms with van der Waals surface area (Å²) in [6, 6.07) is 14.1. The number of rotatable bonds is 6. The molecular weight excluding hydrogens is 326 g/mol. The van der Waals surface area contributed by atoms with Gasteiger partial charge in [0.15, 0.2) is 11.5 Å². The minimum absolute atomic E-state index is 0.279. The summed E-state index contributed by atoms with van der Waals surface area (Å²) in [4.78, 5) is 0.279. The van der Waals surface area contributed by atoms with Crippen molar-refractivity contribution in [3.63, 3.8) is 0 Å². The van der Waals surface area contributed by atoms with Gasteiger partial charge in [0.05, 0.1) is 4.90 Å². The van der Waals surface area contributed by atoms with Crippen LogP contribution in [-0.2, 0) is 10.0 Å². The van der Waals surface area contributed by atoms with Gasteiger partial charge >= 0.3 is 0 Å². The maximum absolute atomic E-state index is 12.1. The molecule has 0 radical (unpaired) electrons. The summed E-state index contributed by atoms with van der Waals surface area (Å²) in [6.07, 6.45) is 4.47. The molecule has 2 aromatic rings. The smallest absolute Gasteiger partial charge is 0.240 e. The zero-order valence-corrected chi connectivity index (χ0v) is 14.0. The molecule has 0 aromatic heterocycles. The number of hydrogen-bond donors (Lipinski definition) is 1. The molecule has 5 nitrogen and oxygen atoms in total. The van der Waals surface area contributed by atoms with Gasteiger partial charge in [0.2, 0.25) is 10.0 Å². The van der Waals surface area contributed by atoms with E-state index in [1.54, 1.807) is 30.3 Å². The number of benzene rings is 2. The van der Waals surface area contributed by atoms with Crippen molar-refractivity contribution in [2.45, 2.75) is 11.3 Å². The Bertz CT molecular complexity index is 816. The molecule has 0 atom stereocenters. The lowest BCUT2D eigenvalue weighted by atomic mass is 10.1. The lowest BCUT2D eigenvalue weighted by Crippen LogP contribution is -2.24. The maximum atomic E-state index is 12.1. The zero-order chi connectivity index (χ0) is 16.8.